The summed E-state index contributed by atoms with van der Waals surface area (Å²) in [6, 6.07) is 4.87. The number of piperidine rings is 1. The van der Waals surface area contributed by atoms with Crippen molar-refractivity contribution < 1.29 is 22.4 Å². The first-order valence-electron chi connectivity index (χ1n) is 10.0. The second-order valence-electron chi connectivity index (χ2n) is 7.95. The van der Waals surface area contributed by atoms with E-state index in [0.29, 0.717) is 19.4 Å². The molecule has 1 aliphatic rings. The van der Waals surface area contributed by atoms with Gasteiger partial charge in [0.15, 0.2) is 0 Å². The van der Waals surface area contributed by atoms with Crippen LogP contribution in [0.1, 0.15) is 35.1 Å². The van der Waals surface area contributed by atoms with E-state index in [1.807, 2.05) is 31.1 Å². The van der Waals surface area contributed by atoms with Crippen LogP contribution in [0.25, 0.3) is 0 Å². The second-order valence-corrected chi connectivity index (χ2v) is 9.89. The van der Waals surface area contributed by atoms with Gasteiger partial charge >= 0.3 is 0 Å². The van der Waals surface area contributed by atoms with Crippen molar-refractivity contribution in [1.82, 2.24) is 19.1 Å². The summed E-state index contributed by atoms with van der Waals surface area (Å²) in [6.07, 6.45) is 3.83. The van der Waals surface area contributed by atoms with Crippen molar-refractivity contribution in [3.8, 4) is 0 Å². The van der Waals surface area contributed by atoms with Crippen LogP contribution in [0, 0.1) is 5.92 Å². The van der Waals surface area contributed by atoms with Crippen LogP contribution in [-0.2, 0) is 21.9 Å². The molecule has 0 radical (unpaired) electrons. The zero-order chi connectivity index (χ0) is 22.8. The molecule has 0 aromatic carbocycles. The molecule has 3 N–H and O–H groups in total. The number of nitrogens with two attached hydrogens (primary N) is 1. The van der Waals surface area contributed by atoms with Crippen molar-refractivity contribution in [2.45, 2.75) is 23.8 Å². The van der Waals surface area contributed by atoms with Gasteiger partial charge in [0.1, 0.15) is 16.3 Å². The number of carbonyl (C=O) groups is 2. The Morgan fingerprint density at radius 1 is 1.32 bits per heavy atom. The number of likely N-dealkylation sites (N-methyl/N-ethyl adjacent to an activating group) is 1. The van der Waals surface area contributed by atoms with E-state index in [0.717, 1.165) is 5.76 Å². The van der Waals surface area contributed by atoms with Gasteiger partial charge in [-0.1, -0.05) is 0 Å². The van der Waals surface area contributed by atoms with E-state index in [1.54, 1.807) is 13.3 Å². The predicted molar refractivity (Wildman–Crippen MR) is 114 cm³/mol. The second kappa shape index (κ2) is 9.25. The molecule has 1 aliphatic heterocycles. The van der Waals surface area contributed by atoms with Gasteiger partial charge in [-0.3, -0.25) is 14.5 Å². The Hall–Kier alpha value is -2.63. The number of aromatic nitrogens is 1. The van der Waals surface area contributed by atoms with Gasteiger partial charge in [-0.25, -0.2) is 8.42 Å². The molecule has 1 atom stereocenters. The zero-order valence-corrected chi connectivity index (χ0v) is 18.8. The van der Waals surface area contributed by atoms with Crippen LogP contribution in [-0.4, -0.2) is 67.7 Å². The van der Waals surface area contributed by atoms with Gasteiger partial charge < -0.3 is 20.0 Å². The van der Waals surface area contributed by atoms with Crippen LogP contribution in [0.5, 0.6) is 0 Å². The smallest absolute Gasteiger partial charge is 0.265 e. The fraction of sp³-hybridized carbons (Fsp3) is 0.500. The Morgan fingerprint density at radius 2 is 2.00 bits per heavy atom. The summed E-state index contributed by atoms with van der Waals surface area (Å²) >= 11 is 0. The number of nitrogens with one attached hydrogen (secondary N) is 1. The molecule has 11 heteroatoms. The van der Waals surface area contributed by atoms with E-state index in [-0.39, 0.29) is 41.5 Å². The number of nitrogens with zero attached hydrogens (tertiary/aromatic N) is 3. The number of hydrogen-bond donors (Lipinski definition) is 2. The summed E-state index contributed by atoms with van der Waals surface area (Å²) in [5.74, 6) is -0.275. The van der Waals surface area contributed by atoms with Crippen LogP contribution < -0.4 is 11.1 Å². The van der Waals surface area contributed by atoms with Crippen LogP contribution in [0.2, 0.25) is 0 Å². The Bertz CT molecular complexity index is 1020. The monoisotopic (exact) mass is 451 g/mol. The first kappa shape index (κ1) is 23.0. The van der Waals surface area contributed by atoms with Gasteiger partial charge in [-0.05, 0) is 45.1 Å². The average molecular weight is 452 g/mol. The molecule has 3 heterocycles. The number of primary amides is 1. The molecular formula is C20H29N5O5S. The minimum atomic E-state index is -3.76. The van der Waals surface area contributed by atoms with Gasteiger partial charge in [0.25, 0.3) is 5.91 Å². The molecule has 0 aliphatic carbocycles. The summed E-state index contributed by atoms with van der Waals surface area (Å²) in [6.45, 7) is 0.866. The maximum atomic E-state index is 12.9. The minimum Gasteiger partial charge on any atom is -0.468 e. The van der Waals surface area contributed by atoms with E-state index >= 15 is 0 Å². The van der Waals surface area contributed by atoms with E-state index in [4.69, 9.17) is 10.2 Å². The topological polar surface area (TPSA) is 131 Å². The van der Waals surface area contributed by atoms with Crippen LogP contribution in [0.3, 0.4) is 0 Å². The Morgan fingerprint density at radius 3 is 2.52 bits per heavy atom. The van der Waals surface area contributed by atoms with E-state index in [2.05, 4.69) is 5.32 Å². The molecule has 1 unspecified atom stereocenters. The molecule has 0 bridgehead atoms. The van der Waals surface area contributed by atoms with E-state index in [9.17, 15) is 18.0 Å². The largest absolute Gasteiger partial charge is 0.468 e. The van der Waals surface area contributed by atoms with Gasteiger partial charge in [-0.2, -0.15) is 4.31 Å². The lowest BCUT2D eigenvalue weighted by atomic mass is 9.97. The van der Waals surface area contributed by atoms with E-state index < -0.39 is 15.9 Å². The quantitative estimate of drug-likeness (QED) is 0.602. The molecule has 31 heavy (non-hydrogen) atoms. The number of hydrogen-bond acceptors (Lipinski definition) is 6. The van der Waals surface area contributed by atoms with Crippen molar-refractivity contribution >= 4 is 21.8 Å². The molecular weight excluding hydrogens is 422 g/mol. The number of carbonyl (C=O) groups excluding carboxylic acids is 2. The number of amides is 2. The third-order valence-electron chi connectivity index (χ3n) is 5.66. The first-order valence-corrected chi connectivity index (χ1v) is 11.5. The van der Waals surface area contributed by atoms with Gasteiger partial charge in [-0.15, -0.1) is 0 Å². The lowest BCUT2D eigenvalue weighted by Gasteiger charge is -2.31. The SMILES string of the molecule is CN(C)C(CNC(=O)C1CCN(S(=O)(=O)c2cc(C(N)=O)n(C)c2)CC1)c1ccco1. The third kappa shape index (κ3) is 5.00. The standard InChI is InChI=1S/C20H29N5O5S/c1-23(2)17(18-5-4-10-30-18)12-22-20(27)14-6-8-25(9-7-14)31(28,29)15-11-16(19(21)26)24(3)13-15/h4-5,10-11,13-14,17H,6-9,12H2,1-3H3,(H2,21,26)(H,22,27). The van der Waals surface area contributed by atoms with Crippen LogP contribution >= 0.6 is 0 Å². The normalized spacial score (nSPS) is 17.0. The Balaban J connectivity index is 1.58. The molecule has 170 valence electrons. The molecule has 0 spiro atoms. The van der Waals surface area contributed by atoms with Gasteiger partial charge in [0, 0.05) is 38.8 Å². The van der Waals surface area contributed by atoms with Crippen molar-refractivity contribution in [3.05, 3.63) is 42.1 Å². The highest BCUT2D eigenvalue weighted by Gasteiger charge is 2.33. The first-order chi connectivity index (χ1) is 14.6. The van der Waals surface area contributed by atoms with Crippen LogP contribution in [0.4, 0.5) is 0 Å². The van der Waals surface area contributed by atoms with Crippen molar-refractivity contribution in [3.63, 3.8) is 0 Å². The fourth-order valence-electron chi connectivity index (χ4n) is 3.79. The lowest BCUT2D eigenvalue weighted by molar-refractivity contribution is -0.126. The molecule has 0 saturated carbocycles. The summed E-state index contributed by atoms with van der Waals surface area (Å²) in [4.78, 5) is 26.1. The van der Waals surface area contributed by atoms with Gasteiger partial charge in [0.2, 0.25) is 15.9 Å². The summed E-state index contributed by atoms with van der Waals surface area (Å²) < 4.78 is 34.0. The number of aryl methyl sites for hydroxylation is 1. The van der Waals surface area contributed by atoms with Crippen molar-refractivity contribution in [2.75, 3.05) is 33.7 Å². The van der Waals surface area contributed by atoms with Crippen LogP contribution in [0.15, 0.2) is 40.0 Å². The molecule has 2 amide bonds. The van der Waals surface area contributed by atoms with E-state index in [1.165, 1.54) is 21.1 Å². The Labute approximate surface area is 182 Å². The number of furan rings is 1. The Kier molecular flexibility index (Phi) is 6.87. The highest BCUT2D eigenvalue weighted by molar-refractivity contribution is 7.89. The molecule has 1 saturated heterocycles. The lowest BCUT2D eigenvalue weighted by Crippen LogP contribution is -2.44. The van der Waals surface area contributed by atoms with Crippen molar-refractivity contribution in [2.24, 2.45) is 18.7 Å². The number of rotatable bonds is 8. The summed E-state index contributed by atoms with van der Waals surface area (Å²) in [5.41, 5.74) is 5.40. The molecule has 3 rings (SSSR count). The highest BCUT2D eigenvalue weighted by Crippen LogP contribution is 2.25. The summed E-state index contributed by atoms with van der Waals surface area (Å²) in [5, 5.41) is 2.97. The van der Waals surface area contributed by atoms with Crippen molar-refractivity contribution in [1.29, 1.82) is 0 Å². The highest BCUT2D eigenvalue weighted by atomic mass is 32.2. The number of sulfonamides is 1. The minimum absolute atomic E-state index is 0.0268. The fourth-order valence-corrected chi connectivity index (χ4v) is 5.33. The molecule has 2 aromatic heterocycles. The maximum absolute atomic E-state index is 12.9. The molecule has 2 aromatic rings. The predicted octanol–water partition coefficient (Wildman–Crippen LogP) is 0.537. The zero-order valence-electron chi connectivity index (χ0n) is 17.9. The maximum Gasteiger partial charge on any atom is 0.265 e. The molecule has 1 fully saturated rings. The summed E-state index contributed by atoms with van der Waals surface area (Å²) in [7, 11) is 1.64. The third-order valence-corrected chi connectivity index (χ3v) is 7.52. The molecule has 10 nitrogen and oxygen atoms in total. The van der Waals surface area contributed by atoms with Gasteiger partial charge in [0.05, 0.1) is 12.3 Å². The average Bonchev–Trinajstić information content (AvgIpc) is 3.38.